The number of carbonyl (C=O) groups excluding carboxylic acids is 1. The first-order valence-electron chi connectivity index (χ1n) is 8.52. The Morgan fingerprint density at radius 3 is 2.85 bits per heavy atom. The lowest BCUT2D eigenvalue weighted by atomic mass is 10.0. The van der Waals surface area contributed by atoms with Gasteiger partial charge in [-0.2, -0.15) is 10.2 Å². The van der Waals surface area contributed by atoms with Crippen LogP contribution in [0, 0.1) is 26.2 Å². The van der Waals surface area contributed by atoms with E-state index in [1.807, 2.05) is 19.9 Å². The van der Waals surface area contributed by atoms with Gasteiger partial charge in [-0.15, -0.1) is 17.4 Å². The SMILES string of the molecule is C#CCCC1(CCNC(=O)COc2nn(C)c3nc(C)cc(C)c23)N=N1. The molecule has 0 bridgehead atoms. The highest BCUT2D eigenvalue weighted by Gasteiger charge is 2.38. The summed E-state index contributed by atoms with van der Waals surface area (Å²) in [5, 5.41) is 16.1. The average molecular weight is 354 g/mol. The summed E-state index contributed by atoms with van der Waals surface area (Å²) in [6.07, 6.45) is 7.26. The van der Waals surface area contributed by atoms with E-state index in [-0.39, 0.29) is 12.5 Å². The lowest BCUT2D eigenvalue weighted by Gasteiger charge is -2.10. The lowest BCUT2D eigenvalue weighted by Crippen LogP contribution is -2.32. The minimum absolute atomic E-state index is 0.106. The molecule has 0 unspecified atom stereocenters. The number of ether oxygens (including phenoxy) is 1. The third-order valence-electron chi connectivity index (χ3n) is 4.33. The highest BCUT2D eigenvalue weighted by atomic mass is 16.5. The highest BCUT2D eigenvalue weighted by molar-refractivity contribution is 5.85. The molecule has 0 radical (unpaired) electrons. The zero-order valence-corrected chi connectivity index (χ0v) is 15.2. The average Bonchev–Trinajstić information content (AvgIpc) is 3.29. The van der Waals surface area contributed by atoms with Crippen molar-refractivity contribution in [2.24, 2.45) is 17.3 Å². The van der Waals surface area contributed by atoms with Crippen LogP contribution in [0.2, 0.25) is 0 Å². The second-order valence-electron chi connectivity index (χ2n) is 6.48. The van der Waals surface area contributed by atoms with Crippen LogP contribution < -0.4 is 10.1 Å². The van der Waals surface area contributed by atoms with Crippen LogP contribution in [0.4, 0.5) is 0 Å². The summed E-state index contributed by atoms with van der Waals surface area (Å²) < 4.78 is 7.29. The van der Waals surface area contributed by atoms with Gasteiger partial charge in [-0.05, 0) is 25.5 Å². The van der Waals surface area contributed by atoms with E-state index in [4.69, 9.17) is 11.2 Å². The number of terminal acetylenes is 1. The molecule has 0 aliphatic carbocycles. The molecule has 3 rings (SSSR count). The third-order valence-corrected chi connectivity index (χ3v) is 4.33. The summed E-state index contributed by atoms with van der Waals surface area (Å²) in [7, 11) is 1.80. The van der Waals surface area contributed by atoms with E-state index in [2.05, 4.69) is 31.5 Å². The fourth-order valence-electron chi connectivity index (χ4n) is 2.91. The Balaban J connectivity index is 1.52. The number of hydrogen-bond acceptors (Lipinski definition) is 6. The molecule has 2 aromatic rings. The molecule has 0 saturated heterocycles. The summed E-state index contributed by atoms with van der Waals surface area (Å²) in [4.78, 5) is 16.5. The molecule has 1 aliphatic heterocycles. The van der Waals surface area contributed by atoms with Crippen LogP contribution in [0.3, 0.4) is 0 Å². The number of carbonyl (C=O) groups is 1. The number of aryl methyl sites for hydroxylation is 3. The molecule has 8 nitrogen and oxygen atoms in total. The van der Waals surface area contributed by atoms with Crippen molar-refractivity contribution in [3.8, 4) is 18.2 Å². The van der Waals surface area contributed by atoms with Crippen molar-refractivity contribution in [3.05, 3.63) is 17.3 Å². The maximum atomic E-state index is 12.0. The van der Waals surface area contributed by atoms with Gasteiger partial charge in [-0.3, -0.25) is 4.79 Å². The van der Waals surface area contributed by atoms with Crippen molar-refractivity contribution in [1.29, 1.82) is 0 Å². The summed E-state index contributed by atoms with van der Waals surface area (Å²) in [6.45, 7) is 4.28. The van der Waals surface area contributed by atoms with E-state index in [0.29, 0.717) is 25.3 Å². The van der Waals surface area contributed by atoms with E-state index in [0.717, 1.165) is 28.7 Å². The molecule has 1 amide bonds. The van der Waals surface area contributed by atoms with Crippen LogP contribution in [0.5, 0.6) is 5.88 Å². The number of amides is 1. The molecular weight excluding hydrogens is 332 g/mol. The van der Waals surface area contributed by atoms with Crippen molar-refractivity contribution >= 4 is 16.9 Å². The predicted molar refractivity (Wildman–Crippen MR) is 96.8 cm³/mol. The van der Waals surface area contributed by atoms with Crippen LogP contribution in [-0.2, 0) is 11.8 Å². The van der Waals surface area contributed by atoms with Crippen LogP contribution in [0.1, 0.15) is 30.5 Å². The van der Waals surface area contributed by atoms with Gasteiger partial charge in [-0.25, -0.2) is 9.67 Å². The standard InChI is InChI=1S/C18H22N6O2/c1-5-6-7-18(22-23-18)8-9-19-14(25)11-26-17-15-12(2)10-13(3)20-16(15)24(4)21-17/h1,10H,6-9,11H2,2-4H3,(H,19,25). The van der Waals surface area contributed by atoms with Crippen molar-refractivity contribution in [1.82, 2.24) is 20.1 Å². The predicted octanol–water partition coefficient (Wildman–Crippen LogP) is 2.05. The molecule has 0 spiro atoms. The van der Waals surface area contributed by atoms with Gasteiger partial charge in [0, 0.05) is 38.5 Å². The van der Waals surface area contributed by atoms with Gasteiger partial charge in [-0.1, -0.05) is 0 Å². The lowest BCUT2D eigenvalue weighted by molar-refractivity contribution is -0.123. The molecule has 136 valence electrons. The Labute approximate surface area is 152 Å². The molecule has 0 fully saturated rings. The third kappa shape index (κ3) is 3.82. The fourth-order valence-corrected chi connectivity index (χ4v) is 2.91. The molecule has 0 aromatic carbocycles. The van der Waals surface area contributed by atoms with Gasteiger partial charge < -0.3 is 10.1 Å². The van der Waals surface area contributed by atoms with Crippen LogP contribution in [0.15, 0.2) is 16.3 Å². The van der Waals surface area contributed by atoms with Crippen LogP contribution in [-0.4, -0.2) is 39.5 Å². The zero-order valence-electron chi connectivity index (χ0n) is 15.2. The fraction of sp³-hybridized carbons (Fsp3) is 0.500. The van der Waals surface area contributed by atoms with Gasteiger partial charge >= 0.3 is 0 Å². The first-order valence-corrected chi connectivity index (χ1v) is 8.52. The first-order chi connectivity index (χ1) is 12.4. The van der Waals surface area contributed by atoms with Crippen LogP contribution in [0.25, 0.3) is 11.0 Å². The van der Waals surface area contributed by atoms with E-state index in [1.54, 1.807) is 11.7 Å². The minimum Gasteiger partial charge on any atom is -0.466 e. The normalized spacial score (nSPS) is 14.2. The quantitative estimate of drug-likeness (QED) is 0.734. The summed E-state index contributed by atoms with van der Waals surface area (Å²) in [5.41, 5.74) is 2.28. The maximum Gasteiger partial charge on any atom is 0.258 e. The first kappa shape index (κ1) is 17.9. The monoisotopic (exact) mass is 354 g/mol. The Morgan fingerprint density at radius 1 is 1.38 bits per heavy atom. The number of nitrogens with zero attached hydrogens (tertiary/aromatic N) is 5. The van der Waals surface area contributed by atoms with Crippen molar-refractivity contribution in [2.45, 2.75) is 38.8 Å². The topological polar surface area (TPSA) is 93.8 Å². The van der Waals surface area contributed by atoms with Gasteiger partial charge in [0.05, 0.1) is 5.39 Å². The number of pyridine rings is 1. The van der Waals surface area contributed by atoms with Gasteiger partial charge in [0.25, 0.3) is 5.91 Å². The Bertz CT molecular complexity index is 903. The molecule has 8 heteroatoms. The Morgan fingerprint density at radius 2 is 2.15 bits per heavy atom. The van der Waals surface area contributed by atoms with Gasteiger partial charge in [0.2, 0.25) is 5.88 Å². The summed E-state index contributed by atoms with van der Waals surface area (Å²) >= 11 is 0. The van der Waals surface area contributed by atoms with Gasteiger partial charge in [0.15, 0.2) is 17.9 Å². The second kappa shape index (κ2) is 7.12. The van der Waals surface area contributed by atoms with E-state index in [9.17, 15) is 4.79 Å². The van der Waals surface area contributed by atoms with E-state index in [1.165, 1.54) is 0 Å². The Kier molecular flexibility index (Phi) is 4.89. The molecule has 26 heavy (non-hydrogen) atoms. The smallest absolute Gasteiger partial charge is 0.258 e. The molecular formula is C18H22N6O2. The molecule has 1 aliphatic rings. The van der Waals surface area contributed by atoms with E-state index >= 15 is 0 Å². The van der Waals surface area contributed by atoms with Crippen molar-refractivity contribution in [2.75, 3.05) is 13.2 Å². The molecule has 0 saturated carbocycles. The van der Waals surface area contributed by atoms with Crippen molar-refractivity contribution in [3.63, 3.8) is 0 Å². The number of aromatic nitrogens is 3. The number of nitrogens with one attached hydrogen (secondary N) is 1. The maximum absolute atomic E-state index is 12.0. The van der Waals surface area contributed by atoms with Crippen molar-refractivity contribution < 1.29 is 9.53 Å². The highest BCUT2D eigenvalue weighted by Crippen LogP contribution is 2.36. The molecule has 3 heterocycles. The largest absolute Gasteiger partial charge is 0.466 e. The zero-order chi connectivity index (χ0) is 18.7. The van der Waals surface area contributed by atoms with E-state index < -0.39 is 5.66 Å². The summed E-state index contributed by atoms with van der Waals surface area (Å²) in [6, 6.07) is 1.97. The summed E-state index contributed by atoms with van der Waals surface area (Å²) in [5.74, 6) is 2.79. The molecule has 2 aromatic heterocycles. The van der Waals surface area contributed by atoms with Gasteiger partial charge in [0.1, 0.15) is 0 Å². The Hall–Kier alpha value is -2.95. The minimum atomic E-state index is -0.391. The molecule has 1 N–H and O–H groups in total. The number of rotatable bonds is 8. The van der Waals surface area contributed by atoms with Crippen LogP contribution >= 0.6 is 0 Å². The molecule has 0 atom stereocenters. The second-order valence-corrected chi connectivity index (χ2v) is 6.48. The number of fused-ring (bicyclic) bond motifs is 1. The number of hydrogen-bond donors (Lipinski definition) is 1.